The van der Waals surface area contributed by atoms with E-state index in [1.807, 2.05) is 36.4 Å². The average molecular weight is 380 g/mol. The highest BCUT2D eigenvalue weighted by atomic mass is 35.5. The zero-order chi connectivity index (χ0) is 18.8. The molecule has 0 N–H and O–H groups in total. The molecule has 0 saturated heterocycles. The number of esters is 1. The number of nitrogens with zero attached hydrogens (tertiary/aromatic N) is 3. The highest BCUT2D eigenvalue weighted by molar-refractivity contribution is 6.33. The van der Waals surface area contributed by atoms with Gasteiger partial charge >= 0.3 is 5.97 Å². The number of pyridine rings is 1. The van der Waals surface area contributed by atoms with Crippen LogP contribution in [0.3, 0.4) is 0 Å². The Balaban J connectivity index is 1.85. The van der Waals surface area contributed by atoms with Gasteiger partial charge in [0, 0.05) is 23.9 Å². The number of benzene rings is 1. The van der Waals surface area contributed by atoms with Gasteiger partial charge in [-0.15, -0.1) is 0 Å². The molecule has 6 heteroatoms. The molecule has 1 fully saturated rings. The van der Waals surface area contributed by atoms with Crippen LogP contribution in [0, 0.1) is 17.8 Å². The fourth-order valence-electron chi connectivity index (χ4n) is 2.99. The van der Waals surface area contributed by atoms with Gasteiger partial charge in [0.2, 0.25) is 0 Å². The minimum absolute atomic E-state index is 0.295. The third-order valence-electron chi connectivity index (χ3n) is 4.58. The van der Waals surface area contributed by atoms with Gasteiger partial charge in [0.05, 0.1) is 7.11 Å². The predicted octanol–water partition coefficient (Wildman–Crippen LogP) is 3.80. The summed E-state index contributed by atoms with van der Waals surface area (Å²) >= 11 is 6.24. The first-order chi connectivity index (χ1) is 13.2. The van der Waals surface area contributed by atoms with Crippen LogP contribution in [0.25, 0.3) is 10.9 Å². The highest BCUT2D eigenvalue weighted by Gasteiger charge is 2.27. The lowest BCUT2D eigenvalue weighted by molar-refractivity contribution is -0.144. The van der Waals surface area contributed by atoms with Crippen molar-refractivity contribution in [1.82, 2.24) is 14.8 Å². The van der Waals surface area contributed by atoms with Crippen molar-refractivity contribution in [3.8, 4) is 11.8 Å². The Morgan fingerprint density at radius 3 is 2.81 bits per heavy atom. The SMILES string of the molecule is COC(=O)C(Cc1ccccc1)n1nc2c(Cl)nccc2c1C#CC1CC1. The Bertz CT molecular complexity index is 1050. The smallest absolute Gasteiger partial charge is 0.331 e. The van der Waals surface area contributed by atoms with Gasteiger partial charge in [-0.1, -0.05) is 47.9 Å². The molecule has 0 spiro atoms. The van der Waals surface area contributed by atoms with Crippen LogP contribution in [0.5, 0.6) is 0 Å². The molecule has 1 aromatic carbocycles. The van der Waals surface area contributed by atoms with E-state index in [-0.39, 0.29) is 5.97 Å². The fraction of sp³-hybridized carbons (Fsp3) is 0.286. The Labute approximate surface area is 162 Å². The lowest BCUT2D eigenvalue weighted by Gasteiger charge is -2.16. The fourth-order valence-corrected chi connectivity index (χ4v) is 3.18. The van der Waals surface area contributed by atoms with E-state index >= 15 is 0 Å². The molecular formula is C21H18ClN3O2. The summed E-state index contributed by atoms with van der Waals surface area (Å²) in [5.74, 6) is 6.54. The molecule has 0 radical (unpaired) electrons. The molecule has 2 heterocycles. The van der Waals surface area contributed by atoms with Gasteiger partial charge in [0.1, 0.15) is 11.2 Å². The van der Waals surface area contributed by atoms with Crippen LogP contribution in [0.4, 0.5) is 0 Å². The molecule has 1 saturated carbocycles. The Kier molecular flexibility index (Phi) is 4.83. The van der Waals surface area contributed by atoms with E-state index in [1.54, 1.807) is 10.9 Å². The van der Waals surface area contributed by atoms with Crippen molar-refractivity contribution in [1.29, 1.82) is 0 Å². The maximum Gasteiger partial charge on any atom is 0.331 e. The number of rotatable bonds is 4. The van der Waals surface area contributed by atoms with Gasteiger partial charge < -0.3 is 4.74 Å². The van der Waals surface area contributed by atoms with Gasteiger partial charge in [0.15, 0.2) is 11.2 Å². The minimum atomic E-state index is -0.635. The topological polar surface area (TPSA) is 57.0 Å². The predicted molar refractivity (Wildman–Crippen MR) is 103 cm³/mol. The normalized spacial score (nSPS) is 14.4. The highest BCUT2D eigenvalue weighted by Crippen LogP contribution is 2.30. The zero-order valence-corrected chi connectivity index (χ0v) is 15.6. The van der Waals surface area contributed by atoms with E-state index in [1.165, 1.54) is 7.11 Å². The third-order valence-corrected chi connectivity index (χ3v) is 4.86. The number of ether oxygens (including phenoxy) is 1. The quantitative estimate of drug-likeness (QED) is 0.393. The second-order valence-electron chi connectivity index (χ2n) is 6.56. The van der Waals surface area contributed by atoms with Crippen LogP contribution in [-0.4, -0.2) is 27.8 Å². The van der Waals surface area contributed by atoms with Gasteiger partial charge in [-0.3, -0.25) is 0 Å². The van der Waals surface area contributed by atoms with Crippen LogP contribution in [0.15, 0.2) is 42.6 Å². The summed E-state index contributed by atoms with van der Waals surface area (Å²) in [5, 5.41) is 5.69. The Morgan fingerprint density at radius 2 is 2.11 bits per heavy atom. The number of hydrogen-bond acceptors (Lipinski definition) is 4. The average Bonchev–Trinajstić information content (AvgIpc) is 3.45. The van der Waals surface area contributed by atoms with E-state index in [0.29, 0.717) is 28.7 Å². The van der Waals surface area contributed by atoms with Crippen molar-refractivity contribution >= 4 is 28.5 Å². The number of methoxy groups -OCH3 is 1. The third kappa shape index (κ3) is 3.67. The standard InChI is InChI=1S/C21H18ClN3O2/c1-27-21(26)18(13-15-5-3-2-4-6-15)25-17(10-9-14-7-8-14)16-11-12-23-20(22)19(16)24-25/h2-6,11-12,14,18H,7-8,13H2,1H3. The Hall–Kier alpha value is -2.84. The van der Waals surface area contributed by atoms with Crippen molar-refractivity contribution < 1.29 is 9.53 Å². The summed E-state index contributed by atoms with van der Waals surface area (Å²) in [6.45, 7) is 0. The van der Waals surface area contributed by atoms with Gasteiger partial charge in [0.25, 0.3) is 0 Å². The molecule has 5 nitrogen and oxygen atoms in total. The van der Waals surface area contributed by atoms with E-state index in [2.05, 4.69) is 21.9 Å². The van der Waals surface area contributed by atoms with Crippen molar-refractivity contribution in [3.63, 3.8) is 0 Å². The molecule has 0 amide bonds. The van der Waals surface area contributed by atoms with E-state index in [9.17, 15) is 4.79 Å². The number of halogens is 1. The molecule has 2 aromatic heterocycles. The molecule has 4 rings (SSSR count). The van der Waals surface area contributed by atoms with Gasteiger partial charge in [-0.05, 0) is 30.4 Å². The van der Waals surface area contributed by atoms with Crippen molar-refractivity contribution in [2.24, 2.45) is 5.92 Å². The van der Waals surface area contributed by atoms with Crippen LogP contribution in [0.2, 0.25) is 5.15 Å². The molecule has 1 atom stereocenters. The zero-order valence-electron chi connectivity index (χ0n) is 14.9. The number of fused-ring (bicyclic) bond motifs is 1. The molecular weight excluding hydrogens is 362 g/mol. The molecule has 136 valence electrons. The number of aromatic nitrogens is 3. The first-order valence-corrected chi connectivity index (χ1v) is 9.21. The number of carbonyl (C=O) groups excluding carboxylic acids is 1. The lowest BCUT2D eigenvalue weighted by Crippen LogP contribution is -2.25. The second kappa shape index (κ2) is 7.42. The van der Waals surface area contributed by atoms with Crippen molar-refractivity contribution in [3.05, 3.63) is 59.0 Å². The maximum absolute atomic E-state index is 12.6. The summed E-state index contributed by atoms with van der Waals surface area (Å²) in [4.78, 5) is 16.7. The summed E-state index contributed by atoms with van der Waals surface area (Å²) in [5.41, 5.74) is 2.23. The molecule has 0 bridgehead atoms. The van der Waals surface area contributed by atoms with Crippen molar-refractivity contribution in [2.45, 2.75) is 25.3 Å². The Morgan fingerprint density at radius 1 is 1.33 bits per heavy atom. The molecule has 0 aliphatic heterocycles. The van der Waals surface area contributed by atoms with E-state index in [4.69, 9.17) is 16.3 Å². The van der Waals surface area contributed by atoms with Gasteiger partial charge in [-0.2, -0.15) is 5.10 Å². The maximum atomic E-state index is 12.6. The monoisotopic (exact) mass is 379 g/mol. The summed E-state index contributed by atoms with van der Waals surface area (Å²) < 4.78 is 6.71. The van der Waals surface area contributed by atoms with Crippen LogP contribution < -0.4 is 0 Å². The summed E-state index contributed by atoms with van der Waals surface area (Å²) in [6, 6.07) is 11.0. The summed E-state index contributed by atoms with van der Waals surface area (Å²) in [6.07, 6.45) is 4.31. The lowest BCUT2D eigenvalue weighted by atomic mass is 10.1. The van der Waals surface area contributed by atoms with Crippen LogP contribution in [0.1, 0.15) is 30.1 Å². The van der Waals surface area contributed by atoms with Crippen molar-refractivity contribution in [2.75, 3.05) is 7.11 Å². The minimum Gasteiger partial charge on any atom is -0.467 e. The number of hydrogen-bond donors (Lipinski definition) is 0. The first-order valence-electron chi connectivity index (χ1n) is 8.83. The van der Waals surface area contributed by atoms with Gasteiger partial charge in [-0.25, -0.2) is 14.5 Å². The molecule has 27 heavy (non-hydrogen) atoms. The van der Waals surface area contributed by atoms with E-state index < -0.39 is 6.04 Å². The van der Waals surface area contributed by atoms with E-state index in [0.717, 1.165) is 23.8 Å². The molecule has 3 aromatic rings. The molecule has 1 aliphatic rings. The van der Waals surface area contributed by atoms with Crippen LogP contribution >= 0.6 is 11.6 Å². The first kappa shape index (κ1) is 17.6. The molecule has 1 aliphatic carbocycles. The number of carbonyl (C=O) groups is 1. The second-order valence-corrected chi connectivity index (χ2v) is 6.92. The van der Waals surface area contributed by atoms with Crippen LogP contribution in [-0.2, 0) is 16.0 Å². The largest absolute Gasteiger partial charge is 0.467 e. The molecule has 1 unspecified atom stereocenters. The summed E-state index contributed by atoms with van der Waals surface area (Å²) in [7, 11) is 1.38.